The van der Waals surface area contributed by atoms with E-state index in [-0.39, 0.29) is 0 Å². The molecular weight excluding hydrogens is 302 g/mol. The van der Waals surface area contributed by atoms with Gasteiger partial charge in [0.25, 0.3) is 0 Å². The minimum Gasteiger partial charge on any atom is -0.368 e. The van der Waals surface area contributed by atoms with Crippen LogP contribution in [-0.4, -0.2) is 31.2 Å². The Hall–Kier alpha value is -1.13. The minimum atomic E-state index is 1.05. The fourth-order valence-corrected chi connectivity index (χ4v) is 3.30. The lowest BCUT2D eigenvalue weighted by atomic mass is 10.1. The fraction of sp³-hybridized carbons (Fsp3) is 0.400. The van der Waals surface area contributed by atoms with Gasteiger partial charge >= 0.3 is 0 Å². The van der Waals surface area contributed by atoms with Crippen LogP contribution < -0.4 is 10.2 Å². The number of aromatic nitrogens is 1. The van der Waals surface area contributed by atoms with Crippen LogP contribution in [0.5, 0.6) is 0 Å². The zero-order chi connectivity index (χ0) is 13.4. The van der Waals surface area contributed by atoms with Crippen molar-refractivity contribution in [3.63, 3.8) is 0 Å². The van der Waals surface area contributed by atoms with Crippen LogP contribution in [0.2, 0.25) is 0 Å². The molecule has 1 aromatic carbocycles. The Balaban J connectivity index is 2.21. The van der Waals surface area contributed by atoms with Gasteiger partial charge in [-0.3, -0.25) is 4.98 Å². The number of hydrogen-bond acceptors (Lipinski definition) is 3. The minimum absolute atomic E-state index is 1.05. The molecule has 0 radical (unpaired) electrons. The van der Waals surface area contributed by atoms with Crippen LogP contribution >= 0.6 is 15.9 Å². The number of piperazine rings is 1. The van der Waals surface area contributed by atoms with Gasteiger partial charge in [-0.25, -0.2) is 0 Å². The van der Waals surface area contributed by atoms with E-state index in [2.05, 4.69) is 58.2 Å². The normalized spacial score (nSPS) is 16.1. The van der Waals surface area contributed by atoms with Gasteiger partial charge in [0.15, 0.2) is 0 Å². The van der Waals surface area contributed by atoms with Crippen molar-refractivity contribution in [1.29, 1.82) is 0 Å². The third-order valence-electron chi connectivity index (χ3n) is 3.63. The van der Waals surface area contributed by atoms with Crippen molar-refractivity contribution in [3.05, 3.63) is 33.9 Å². The maximum absolute atomic E-state index is 4.71. The third-order valence-corrected chi connectivity index (χ3v) is 4.09. The van der Waals surface area contributed by atoms with Gasteiger partial charge in [0.05, 0.1) is 5.52 Å². The molecule has 3 rings (SSSR count). The summed E-state index contributed by atoms with van der Waals surface area (Å²) in [6, 6.07) is 6.53. The first-order valence-electron chi connectivity index (χ1n) is 6.68. The average molecular weight is 320 g/mol. The molecule has 2 aromatic rings. The average Bonchev–Trinajstić information content (AvgIpc) is 2.40. The van der Waals surface area contributed by atoms with Gasteiger partial charge in [-0.05, 0) is 37.6 Å². The van der Waals surface area contributed by atoms with Gasteiger partial charge in [-0.1, -0.05) is 15.9 Å². The summed E-state index contributed by atoms with van der Waals surface area (Å²) in [4.78, 5) is 7.17. The van der Waals surface area contributed by atoms with E-state index in [1.165, 1.54) is 16.6 Å². The highest BCUT2D eigenvalue weighted by atomic mass is 79.9. The van der Waals surface area contributed by atoms with Crippen LogP contribution in [0.25, 0.3) is 10.9 Å². The van der Waals surface area contributed by atoms with E-state index < -0.39 is 0 Å². The quantitative estimate of drug-likeness (QED) is 0.875. The number of pyridine rings is 1. The molecule has 2 heterocycles. The number of hydrogen-bond donors (Lipinski definition) is 1. The molecule has 100 valence electrons. The zero-order valence-corrected chi connectivity index (χ0v) is 12.9. The zero-order valence-electron chi connectivity index (χ0n) is 11.3. The second-order valence-corrected chi connectivity index (χ2v) is 6.05. The maximum Gasteiger partial charge on any atom is 0.0755 e. The van der Waals surface area contributed by atoms with Gasteiger partial charge < -0.3 is 10.2 Å². The molecule has 1 aliphatic heterocycles. The molecule has 1 fully saturated rings. The molecule has 0 aliphatic carbocycles. The number of aryl methyl sites for hydroxylation is 2. The molecule has 0 unspecified atom stereocenters. The van der Waals surface area contributed by atoms with E-state index in [1.807, 2.05) is 0 Å². The summed E-state index contributed by atoms with van der Waals surface area (Å²) in [6.07, 6.45) is 0. The molecule has 1 N–H and O–H groups in total. The number of nitrogens with one attached hydrogen (secondary N) is 1. The van der Waals surface area contributed by atoms with Gasteiger partial charge in [-0.2, -0.15) is 0 Å². The second kappa shape index (κ2) is 5.10. The molecule has 1 aliphatic rings. The summed E-state index contributed by atoms with van der Waals surface area (Å²) in [5.74, 6) is 0. The second-order valence-electron chi connectivity index (χ2n) is 5.14. The highest BCUT2D eigenvalue weighted by molar-refractivity contribution is 9.10. The Labute approximate surface area is 122 Å². The molecule has 1 saturated heterocycles. The number of halogens is 1. The van der Waals surface area contributed by atoms with Crippen LogP contribution in [0.3, 0.4) is 0 Å². The smallest absolute Gasteiger partial charge is 0.0755 e. The van der Waals surface area contributed by atoms with Gasteiger partial charge in [-0.15, -0.1) is 0 Å². The SMILES string of the molecule is Cc1cc(N2CCNCC2)c2cc(Br)cc(C)c2n1. The summed E-state index contributed by atoms with van der Waals surface area (Å²) in [5, 5.41) is 4.65. The van der Waals surface area contributed by atoms with E-state index in [1.54, 1.807) is 0 Å². The van der Waals surface area contributed by atoms with Crippen molar-refractivity contribution >= 4 is 32.5 Å². The van der Waals surface area contributed by atoms with Gasteiger partial charge in [0.2, 0.25) is 0 Å². The third kappa shape index (κ3) is 2.47. The Morgan fingerprint density at radius 3 is 2.63 bits per heavy atom. The van der Waals surface area contributed by atoms with Crippen molar-refractivity contribution in [3.8, 4) is 0 Å². The van der Waals surface area contributed by atoms with E-state index in [0.717, 1.165) is 41.9 Å². The van der Waals surface area contributed by atoms with Crippen molar-refractivity contribution < 1.29 is 0 Å². The lowest BCUT2D eigenvalue weighted by molar-refractivity contribution is 0.590. The highest BCUT2D eigenvalue weighted by Gasteiger charge is 2.15. The largest absolute Gasteiger partial charge is 0.368 e. The van der Waals surface area contributed by atoms with E-state index in [0.29, 0.717) is 0 Å². The number of fused-ring (bicyclic) bond motifs is 1. The fourth-order valence-electron chi connectivity index (χ4n) is 2.73. The van der Waals surface area contributed by atoms with Crippen LogP contribution in [-0.2, 0) is 0 Å². The molecule has 0 bridgehead atoms. The van der Waals surface area contributed by atoms with Crippen LogP contribution in [0, 0.1) is 13.8 Å². The van der Waals surface area contributed by atoms with Crippen LogP contribution in [0.4, 0.5) is 5.69 Å². The maximum atomic E-state index is 4.71. The molecule has 0 atom stereocenters. The summed E-state index contributed by atoms with van der Waals surface area (Å²) in [7, 11) is 0. The molecule has 4 heteroatoms. The van der Waals surface area contributed by atoms with E-state index in [9.17, 15) is 0 Å². The predicted octanol–water partition coefficient (Wildman–Crippen LogP) is 3.02. The number of rotatable bonds is 1. The van der Waals surface area contributed by atoms with Crippen LogP contribution in [0.1, 0.15) is 11.3 Å². The first-order valence-corrected chi connectivity index (χ1v) is 7.47. The first-order chi connectivity index (χ1) is 9.15. The summed E-state index contributed by atoms with van der Waals surface area (Å²) in [5.41, 5.74) is 4.75. The first kappa shape index (κ1) is 12.9. The monoisotopic (exact) mass is 319 g/mol. The predicted molar refractivity (Wildman–Crippen MR) is 84.0 cm³/mol. The molecule has 19 heavy (non-hydrogen) atoms. The summed E-state index contributed by atoms with van der Waals surface area (Å²) >= 11 is 3.60. The number of benzene rings is 1. The molecule has 0 spiro atoms. The Morgan fingerprint density at radius 1 is 1.16 bits per heavy atom. The standard InChI is InChI=1S/C15H18BrN3/c1-10-7-12(16)9-13-14(8-11(2)18-15(10)13)19-5-3-17-4-6-19/h7-9,17H,3-6H2,1-2H3. The highest BCUT2D eigenvalue weighted by Crippen LogP contribution is 2.31. The Kier molecular flexibility index (Phi) is 3.46. The van der Waals surface area contributed by atoms with Crippen molar-refractivity contribution in [1.82, 2.24) is 10.3 Å². The molecule has 3 nitrogen and oxygen atoms in total. The topological polar surface area (TPSA) is 28.2 Å². The molecular formula is C15H18BrN3. The Morgan fingerprint density at radius 2 is 1.89 bits per heavy atom. The lowest BCUT2D eigenvalue weighted by Crippen LogP contribution is -2.43. The molecule has 0 amide bonds. The molecule has 1 aromatic heterocycles. The van der Waals surface area contributed by atoms with Gasteiger partial charge in [0, 0.05) is 47.4 Å². The van der Waals surface area contributed by atoms with Crippen molar-refractivity contribution in [2.24, 2.45) is 0 Å². The molecule has 0 saturated carbocycles. The van der Waals surface area contributed by atoms with Crippen molar-refractivity contribution in [2.75, 3.05) is 31.1 Å². The lowest BCUT2D eigenvalue weighted by Gasteiger charge is -2.30. The number of anilines is 1. The van der Waals surface area contributed by atoms with Crippen molar-refractivity contribution in [2.45, 2.75) is 13.8 Å². The van der Waals surface area contributed by atoms with Gasteiger partial charge in [0.1, 0.15) is 0 Å². The summed E-state index contributed by atoms with van der Waals surface area (Å²) < 4.78 is 1.12. The van der Waals surface area contributed by atoms with E-state index in [4.69, 9.17) is 4.98 Å². The van der Waals surface area contributed by atoms with E-state index >= 15 is 0 Å². The Bertz CT molecular complexity index is 618. The van der Waals surface area contributed by atoms with Crippen LogP contribution in [0.15, 0.2) is 22.7 Å². The number of nitrogens with zero attached hydrogens (tertiary/aromatic N) is 2. The summed E-state index contributed by atoms with van der Waals surface area (Å²) in [6.45, 7) is 8.42.